The zero-order valence-electron chi connectivity index (χ0n) is 14.8. The zero-order chi connectivity index (χ0) is 19.2. The van der Waals surface area contributed by atoms with Gasteiger partial charge in [-0.3, -0.25) is 4.79 Å². The number of nitrogens with zero attached hydrogens (tertiary/aromatic N) is 1. The normalized spacial score (nSPS) is 10.1. The van der Waals surface area contributed by atoms with Gasteiger partial charge in [0, 0.05) is 29.4 Å². The molecule has 0 radical (unpaired) electrons. The lowest BCUT2D eigenvalue weighted by Crippen LogP contribution is -2.24. The Balaban J connectivity index is 1.66. The Bertz CT molecular complexity index is 936. The van der Waals surface area contributed by atoms with Crippen LogP contribution < -0.4 is 20.7 Å². The Morgan fingerprint density at radius 2 is 1.59 bits per heavy atom. The van der Waals surface area contributed by atoms with E-state index in [0.29, 0.717) is 17.1 Å². The highest BCUT2D eigenvalue weighted by Gasteiger charge is 2.12. The molecule has 2 aromatic carbocycles. The Labute approximate surface area is 160 Å². The molecule has 0 bridgehead atoms. The Morgan fingerprint density at radius 1 is 0.963 bits per heavy atom. The van der Waals surface area contributed by atoms with Crippen LogP contribution in [-0.2, 0) is 0 Å². The molecule has 3 amide bonds. The number of thiazole rings is 1. The van der Waals surface area contributed by atoms with E-state index in [2.05, 4.69) is 20.9 Å². The van der Waals surface area contributed by atoms with Gasteiger partial charge in [0.15, 0.2) is 0 Å². The van der Waals surface area contributed by atoms with Crippen LogP contribution >= 0.6 is 11.3 Å². The quantitative estimate of drug-likeness (QED) is 0.625. The van der Waals surface area contributed by atoms with E-state index in [9.17, 15) is 9.59 Å². The minimum atomic E-state index is -0.305. The number of aromatic nitrogens is 1. The predicted molar refractivity (Wildman–Crippen MR) is 107 cm³/mol. The number of amides is 3. The van der Waals surface area contributed by atoms with Crippen LogP contribution in [0.2, 0.25) is 0 Å². The first-order chi connectivity index (χ1) is 13.1. The van der Waals surface area contributed by atoms with Crippen molar-refractivity contribution in [3.8, 4) is 16.3 Å². The van der Waals surface area contributed by atoms with E-state index in [4.69, 9.17) is 4.74 Å². The van der Waals surface area contributed by atoms with Gasteiger partial charge in [0.2, 0.25) is 0 Å². The van der Waals surface area contributed by atoms with Gasteiger partial charge in [0.1, 0.15) is 16.5 Å². The summed E-state index contributed by atoms with van der Waals surface area (Å²) in [6.45, 7) is 0. The lowest BCUT2D eigenvalue weighted by atomic mass is 10.2. The number of methoxy groups -OCH3 is 1. The highest BCUT2D eigenvalue weighted by Crippen LogP contribution is 2.26. The number of hydrogen-bond donors (Lipinski definition) is 3. The molecule has 1 heterocycles. The number of nitrogens with one attached hydrogen (secondary N) is 3. The summed E-state index contributed by atoms with van der Waals surface area (Å²) >= 11 is 1.40. The Morgan fingerprint density at radius 3 is 2.19 bits per heavy atom. The Kier molecular flexibility index (Phi) is 5.68. The zero-order valence-corrected chi connectivity index (χ0v) is 15.6. The maximum Gasteiger partial charge on any atom is 0.318 e. The minimum Gasteiger partial charge on any atom is -0.497 e. The second kappa shape index (κ2) is 8.33. The summed E-state index contributed by atoms with van der Waals surface area (Å²) in [5.41, 5.74) is 2.51. The average Bonchev–Trinajstić information content (AvgIpc) is 3.20. The summed E-state index contributed by atoms with van der Waals surface area (Å²) in [6.07, 6.45) is 0. The summed E-state index contributed by atoms with van der Waals surface area (Å²) in [6, 6.07) is 14.0. The molecule has 0 aliphatic heterocycles. The maximum atomic E-state index is 12.4. The molecule has 3 rings (SSSR count). The highest BCUT2D eigenvalue weighted by molar-refractivity contribution is 7.13. The third kappa shape index (κ3) is 4.62. The topological polar surface area (TPSA) is 92.4 Å². The molecule has 8 heteroatoms. The molecule has 0 fully saturated rings. The van der Waals surface area contributed by atoms with E-state index in [1.54, 1.807) is 36.8 Å². The van der Waals surface area contributed by atoms with E-state index in [1.807, 2.05) is 24.3 Å². The van der Waals surface area contributed by atoms with Crippen LogP contribution in [0.1, 0.15) is 10.5 Å². The number of rotatable bonds is 5. The smallest absolute Gasteiger partial charge is 0.318 e. The fraction of sp³-hybridized carbons (Fsp3) is 0.105. The molecule has 27 heavy (non-hydrogen) atoms. The van der Waals surface area contributed by atoms with Crippen molar-refractivity contribution < 1.29 is 14.3 Å². The molecule has 138 valence electrons. The number of carbonyl (C=O) groups is 2. The first-order valence-corrected chi connectivity index (χ1v) is 8.97. The fourth-order valence-electron chi connectivity index (χ4n) is 2.27. The van der Waals surface area contributed by atoms with Crippen LogP contribution in [0.25, 0.3) is 10.6 Å². The van der Waals surface area contributed by atoms with Gasteiger partial charge in [0.25, 0.3) is 5.91 Å². The van der Waals surface area contributed by atoms with Crippen molar-refractivity contribution in [1.29, 1.82) is 0 Å². The molecular formula is C19H18N4O3S. The van der Waals surface area contributed by atoms with Crippen LogP contribution in [0.4, 0.5) is 16.2 Å². The number of urea groups is 1. The molecule has 0 unspecified atom stereocenters. The van der Waals surface area contributed by atoms with Crippen LogP contribution in [0.3, 0.4) is 0 Å². The average molecular weight is 382 g/mol. The van der Waals surface area contributed by atoms with Gasteiger partial charge in [0.05, 0.1) is 7.11 Å². The van der Waals surface area contributed by atoms with Crippen molar-refractivity contribution in [3.63, 3.8) is 0 Å². The lowest BCUT2D eigenvalue weighted by molar-refractivity contribution is 0.102. The van der Waals surface area contributed by atoms with Crippen molar-refractivity contribution >= 4 is 34.6 Å². The van der Waals surface area contributed by atoms with Crippen molar-refractivity contribution in [2.75, 3.05) is 24.8 Å². The fourth-order valence-corrected chi connectivity index (χ4v) is 3.08. The molecule has 0 saturated carbocycles. The number of carbonyl (C=O) groups excluding carboxylic acids is 2. The largest absolute Gasteiger partial charge is 0.497 e. The molecule has 3 aromatic rings. The first kappa shape index (κ1) is 18.4. The summed E-state index contributed by atoms with van der Waals surface area (Å²) in [4.78, 5) is 28.1. The van der Waals surface area contributed by atoms with Gasteiger partial charge in [-0.25, -0.2) is 9.78 Å². The molecule has 0 atom stereocenters. The highest BCUT2D eigenvalue weighted by atomic mass is 32.1. The van der Waals surface area contributed by atoms with Gasteiger partial charge in [-0.1, -0.05) is 0 Å². The molecular weight excluding hydrogens is 364 g/mol. The maximum absolute atomic E-state index is 12.4. The molecule has 0 aliphatic rings. The number of anilines is 2. The standard InChI is InChI=1S/C19H18N4O3S/c1-20-19(25)22-14-7-5-13(6-8-14)21-17(24)16-11-27-18(23-16)12-3-9-15(26-2)10-4-12/h3-11H,1-2H3,(H,21,24)(H2,20,22,25). The van der Waals surface area contributed by atoms with Crippen molar-refractivity contribution in [1.82, 2.24) is 10.3 Å². The minimum absolute atomic E-state index is 0.293. The van der Waals surface area contributed by atoms with Crippen molar-refractivity contribution in [2.45, 2.75) is 0 Å². The van der Waals surface area contributed by atoms with Gasteiger partial charge in [-0.15, -0.1) is 11.3 Å². The summed E-state index contributed by atoms with van der Waals surface area (Å²) < 4.78 is 5.14. The summed E-state index contributed by atoms with van der Waals surface area (Å²) in [5, 5.41) is 10.4. The number of benzene rings is 2. The van der Waals surface area contributed by atoms with Crippen molar-refractivity contribution in [3.05, 3.63) is 59.6 Å². The monoisotopic (exact) mass is 382 g/mol. The number of ether oxygens (including phenoxy) is 1. The summed E-state index contributed by atoms with van der Waals surface area (Å²) in [7, 11) is 3.15. The second-order valence-electron chi connectivity index (χ2n) is 5.50. The van der Waals surface area contributed by atoms with E-state index in [0.717, 1.165) is 16.3 Å². The summed E-state index contributed by atoms with van der Waals surface area (Å²) in [5.74, 6) is 0.473. The van der Waals surface area contributed by atoms with E-state index >= 15 is 0 Å². The van der Waals surface area contributed by atoms with Crippen molar-refractivity contribution in [2.24, 2.45) is 0 Å². The van der Waals surface area contributed by atoms with Gasteiger partial charge in [-0.2, -0.15) is 0 Å². The van der Waals surface area contributed by atoms with Gasteiger partial charge >= 0.3 is 6.03 Å². The molecule has 0 saturated heterocycles. The van der Waals surface area contributed by atoms with Gasteiger partial charge in [-0.05, 0) is 48.5 Å². The SMILES string of the molecule is CNC(=O)Nc1ccc(NC(=O)c2csc(-c3ccc(OC)cc3)n2)cc1. The van der Waals surface area contributed by atoms with E-state index < -0.39 is 0 Å². The van der Waals surface area contributed by atoms with Crippen LogP contribution in [0.15, 0.2) is 53.9 Å². The Hall–Kier alpha value is -3.39. The van der Waals surface area contributed by atoms with Crippen LogP contribution in [0.5, 0.6) is 5.75 Å². The third-order valence-electron chi connectivity index (χ3n) is 3.70. The molecule has 0 aliphatic carbocycles. The molecule has 1 aromatic heterocycles. The third-order valence-corrected chi connectivity index (χ3v) is 4.59. The predicted octanol–water partition coefficient (Wildman–Crippen LogP) is 3.82. The van der Waals surface area contributed by atoms with Crippen LogP contribution in [0, 0.1) is 0 Å². The lowest BCUT2D eigenvalue weighted by Gasteiger charge is -2.06. The molecule has 7 nitrogen and oxygen atoms in total. The second-order valence-corrected chi connectivity index (χ2v) is 6.36. The molecule has 0 spiro atoms. The van der Waals surface area contributed by atoms with E-state index in [1.165, 1.54) is 18.4 Å². The first-order valence-electron chi connectivity index (χ1n) is 8.09. The number of hydrogen-bond acceptors (Lipinski definition) is 5. The van der Waals surface area contributed by atoms with Gasteiger partial charge < -0.3 is 20.7 Å². The van der Waals surface area contributed by atoms with E-state index in [-0.39, 0.29) is 11.9 Å². The van der Waals surface area contributed by atoms with Crippen LogP contribution in [-0.4, -0.2) is 31.1 Å². The molecule has 3 N–H and O–H groups in total.